The quantitative estimate of drug-likeness (QED) is 0.789. The Balaban J connectivity index is 2.54. The van der Waals surface area contributed by atoms with Crippen molar-refractivity contribution in [2.24, 2.45) is 11.8 Å². The summed E-state index contributed by atoms with van der Waals surface area (Å²) in [6, 6.07) is -0.347. The molecule has 1 aliphatic carbocycles. The molecule has 0 bridgehead atoms. The number of nitrogens with one attached hydrogen (secondary N) is 1. The van der Waals surface area contributed by atoms with Gasteiger partial charge >= 0.3 is 12.0 Å². The maximum absolute atomic E-state index is 12.1. The predicted octanol–water partition coefficient (Wildman–Crippen LogP) is 1.93. The Labute approximate surface area is 109 Å². The highest BCUT2D eigenvalue weighted by molar-refractivity contribution is 5.77. The van der Waals surface area contributed by atoms with Gasteiger partial charge in [0.25, 0.3) is 0 Å². The first kappa shape index (κ1) is 14.8. The summed E-state index contributed by atoms with van der Waals surface area (Å²) in [5.74, 6) is -0.814. The Morgan fingerprint density at radius 1 is 1.39 bits per heavy atom. The van der Waals surface area contributed by atoms with Crippen molar-refractivity contribution in [1.29, 1.82) is 0 Å². The van der Waals surface area contributed by atoms with Crippen LogP contribution in [0.2, 0.25) is 0 Å². The molecule has 0 aromatic heterocycles. The maximum Gasteiger partial charge on any atom is 0.317 e. The van der Waals surface area contributed by atoms with Crippen LogP contribution >= 0.6 is 0 Å². The van der Waals surface area contributed by atoms with Gasteiger partial charge in [0, 0.05) is 19.1 Å². The Hall–Kier alpha value is -1.26. The molecule has 1 aliphatic rings. The second-order valence-electron chi connectivity index (χ2n) is 5.36. The molecule has 0 aromatic carbocycles. The van der Waals surface area contributed by atoms with Crippen molar-refractivity contribution in [3.8, 4) is 0 Å². The second-order valence-corrected chi connectivity index (χ2v) is 5.36. The summed E-state index contributed by atoms with van der Waals surface area (Å²) in [6.45, 7) is 7.41. The summed E-state index contributed by atoms with van der Waals surface area (Å²) >= 11 is 0. The van der Waals surface area contributed by atoms with Gasteiger partial charge in [-0.25, -0.2) is 4.79 Å². The summed E-state index contributed by atoms with van der Waals surface area (Å²) < 4.78 is 0. The Kier molecular flexibility index (Phi) is 5.44. The van der Waals surface area contributed by atoms with Gasteiger partial charge in [-0.15, -0.1) is 0 Å². The number of aliphatic carboxylic acids is 1. The van der Waals surface area contributed by atoms with E-state index < -0.39 is 11.9 Å². The van der Waals surface area contributed by atoms with Gasteiger partial charge < -0.3 is 15.3 Å². The van der Waals surface area contributed by atoms with Crippen molar-refractivity contribution in [2.45, 2.75) is 46.1 Å². The minimum atomic E-state index is -0.801. The van der Waals surface area contributed by atoms with Crippen LogP contribution in [0.5, 0.6) is 0 Å². The molecule has 0 aromatic rings. The van der Waals surface area contributed by atoms with E-state index in [1.165, 1.54) is 0 Å². The molecule has 0 heterocycles. The fraction of sp³-hybridized carbons (Fsp3) is 0.846. The number of hydrogen-bond donors (Lipinski definition) is 2. The summed E-state index contributed by atoms with van der Waals surface area (Å²) in [5.41, 5.74) is 0. The highest BCUT2D eigenvalue weighted by Gasteiger charge is 2.34. The molecule has 5 nitrogen and oxygen atoms in total. The molecule has 1 saturated carbocycles. The molecule has 18 heavy (non-hydrogen) atoms. The molecule has 0 radical (unpaired) electrons. The van der Waals surface area contributed by atoms with Crippen molar-refractivity contribution < 1.29 is 14.7 Å². The third-order valence-electron chi connectivity index (χ3n) is 3.40. The Morgan fingerprint density at radius 2 is 2.06 bits per heavy atom. The molecule has 2 atom stereocenters. The largest absolute Gasteiger partial charge is 0.481 e. The molecule has 1 fully saturated rings. The normalized spacial score (nSPS) is 23.1. The van der Waals surface area contributed by atoms with Gasteiger partial charge in [-0.3, -0.25) is 4.79 Å². The van der Waals surface area contributed by atoms with Crippen molar-refractivity contribution in [2.75, 3.05) is 13.1 Å². The standard InChI is InChI=1S/C13H24N2O3/c1-4-15(8-9(2)3)13(18)14-11-7-5-6-10(11)12(16)17/h9-11H,4-8H2,1-3H3,(H,14,18)(H,16,17). The molecule has 104 valence electrons. The SMILES string of the molecule is CCN(CC(C)C)C(=O)NC1CCCC1C(=O)O. The third kappa shape index (κ3) is 3.89. The molecule has 1 rings (SSSR count). The zero-order valence-corrected chi connectivity index (χ0v) is 11.5. The second kappa shape index (κ2) is 6.61. The summed E-state index contributed by atoms with van der Waals surface area (Å²) in [6.07, 6.45) is 2.30. The lowest BCUT2D eigenvalue weighted by molar-refractivity contribution is -0.142. The van der Waals surface area contributed by atoms with Crippen LogP contribution in [0.1, 0.15) is 40.0 Å². The van der Waals surface area contributed by atoms with E-state index in [2.05, 4.69) is 19.2 Å². The topological polar surface area (TPSA) is 69.6 Å². The van der Waals surface area contributed by atoms with Crippen LogP contribution in [0.3, 0.4) is 0 Å². The van der Waals surface area contributed by atoms with E-state index in [4.69, 9.17) is 5.11 Å². The number of carboxylic acid groups (broad SMARTS) is 1. The molecular weight excluding hydrogens is 232 g/mol. The predicted molar refractivity (Wildman–Crippen MR) is 69.4 cm³/mol. The number of rotatable bonds is 5. The zero-order chi connectivity index (χ0) is 13.7. The zero-order valence-electron chi connectivity index (χ0n) is 11.5. The molecule has 2 amide bonds. The van der Waals surface area contributed by atoms with Crippen molar-refractivity contribution in [1.82, 2.24) is 10.2 Å². The summed E-state index contributed by atoms with van der Waals surface area (Å²) in [4.78, 5) is 24.8. The van der Waals surface area contributed by atoms with Gasteiger partial charge in [0.2, 0.25) is 0 Å². The van der Waals surface area contributed by atoms with E-state index in [-0.39, 0.29) is 12.1 Å². The Morgan fingerprint density at radius 3 is 2.56 bits per heavy atom. The fourth-order valence-electron chi connectivity index (χ4n) is 2.47. The molecule has 2 unspecified atom stereocenters. The van der Waals surface area contributed by atoms with Crippen LogP contribution in [0.4, 0.5) is 4.79 Å². The molecule has 0 saturated heterocycles. The number of nitrogens with zero attached hydrogens (tertiary/aromatic N) is 1. The number of amides is 2. The average molecular weight is 256 g/mol. The highest BCUT2D eigenvalue weighted by Crippen LogP contribution is 2.25. The first-order valence-electron chi connectivity index (χ1n) is 6.74. The first-order chi connectivity index (χ1) is 8.45. The van der Waals surface area contributed by atoms with Crippen LogP contribution in [-0.2, 0) is 4.79 Å². The average Bonchev–Trinajstić information content (AvgIpc) is 2.73. The molecule has 5 heteroatoms. The van der Waals surface area contributed by atoms with Gasteiger partial charge in [-0.1, -0.05) is 20.3 Å². The fourth-order valence-corrected chi connectivity index (χ4v) is 2.47. The van der Waals surface area contributed by atoms with Crippen molar-refractivity contribution >= 4 is 12.0 Å². The lowest BCUT2D eigenvalue weighted by Gasteiger charge is -2.26. The van der Waals surface area contributed by atoms with Gasteiger partial charge in [0.1, 0.15) is 0 Å². The van der Waals surface area contributed by atoms with Crippen LogP contribution in [-0.4, -0.2) is 41.1 Å². The van der Waals surface area contributed by atoms with E-state index in [0.29, 0.717) is 25.4 Å². The van der Waals surface area contributed by atoms with Crippen molar-refractivity contribution in [3.63, 3.8) is 0 Å². The lowest BCUT2D eigenvalue weighted by Crippen LogP contribution is -2.48. The third-order valence-corrected chi connectivity index (χ3v) is 3.40. The molecular formula is C13H24N2O3. The van der Waals surface area contributed by atoms with Crippen LogP contribution < -0.4 is 5.32 Å². The monoisotopic (exact) mass is 256 g/mol. The van der Waals surface area contributed by atoms with Crippen molar-refractivity contribution in [3.05, 3.63) is 0 Å². The molecule has 2 N–H and O–H groups in total. The van der Waals surface area contributed by atoms with E-state index >= 15 is 0 Å². The minimum Gasteiger partial charge on any atom is -0.481 e. The smallest absolute Gasteiger partial charge is 0.317 e. The number of urea groups is 1. The van der Waals surface area contributed by atoms with Gasteiger partial charge in [0.15, 0.2) is 0 Å². The lowest BCUT2D eigenvalue weighted by atomic mass is 10.0. The Bertz CT molecular complexity index is 305. The number of carbonyl (C=O) groups is 2. The number of carboxylic acids is 1. The van der Waals surface area contributed by atoms with E-state index in [1.54, 1.807) is 4.90 Å². The van der Waals surface area contributed by atoms with Gasteiger partial charge in [-0.05, 0) is 25.7 Å². The summed E-state index contributed by atoms with van der Waals surface area (Å²) in [5, 5.41) is 11.9. The number of hydrogen-bond acceptors (Lipinski definition) is 2. The number of carbonyl (C=O) groups excluding carboxylic acids is 1. The summed E-state index contributed by atoms with van der Waals surface area (Å²) in [7, 11) is 0. The van der Waals surface area contributed by atoms with Crippen LogP contribution in [0.15, 0.2) is 0 Å². The maximum atomic E-state index is 12.1. The van der Waals surface area contributed by atoms with Crippen LogP contribution in [0, 0.1) is 11.8 Å². The minimum absolute atomic E-state index is 0.135. The highest BCUT2D eigenvalue weighted by atomic mass is 16.4. The molecule has 0 aliphatic heterocycles. The first-order valence-corrected chi connectivity index (χ1v) is 6.74. The van der Waals surface area contributed by atoms with Crippen LogP contribution in [0.25, 0.3) is 0 Å². The van der Waals surface area contributed by atoms with Gasteiger partial charge in [-0.2, -0.15) is 0 Å². The van der Waals surface area contributed by atoms with E-state index in [9.17, 15) is 9.59 Å². The van der Waals surface area contributed by atoms with E-state index in [0.717, 1.165) is 12.8 Å². The molecule has 0 spiro atoms. The van der Waals surface area contributed by atoms with Gasteiger partial charge in [0.05, 0.1) is 5.92 Å². The van der Waals surface area contributed by atoms with E-state index in [1.807, 2.05) is 6.92 Å².